The lowest BCUT2D eigenvalue weighted by atomic mass is 10.2. The van der Waals surface area contributed by atoms with Crippen molar-refractivity contribution in [3.8, 4) is 0 Å². The number of rotatable bonds is 5. The monoisotopic (exact) mass is 222 g/mol. The van der Waals surface area contributed by atoms with Gasteiger partial charge < -0.3 is 5.32 Å². The highest BCUT2D eigenvalue weighted by Gasteiger charge is 2.05. The van der Waals surface area contributed by atoms with Gasteiger partial charge in [-0.05, 0) is 18.6 Å². The number of carbonyl (C=O) groups is 1. The first-order valence-corrected chi connectivity index (χ1v) is 5.17. The van der Waals surface area contributed by atoms with Crippen molar-refractivity contribution in [2.24, 2.45) is 0 Å². The molecule has 0 spiro atoms. The number of hydrogen-bond donors (Lipinski definition) is 1. The second-order valence-electron chi connectivity index (χ2n) is 3.46. The van der Waals surface area contributed by atoms with Crippen molar-refractivity contribution < 1.29 is 9.72 Å². The summed E-state index contributed by atoms with van der Waals surface area (Å²) in [7, 11) is 0. The van der Waals surface area contributed by atoms with Gasteiger partial charge in [-0.15, -0.1) is 0 Å². The van der Waals surface area contributed by atoms with Crippen molar-refractivity contribution in [3.05, 3.63) is 34.4 Å². The maximum absolute atomic E-state index is 11.3. The lowest BCUT2D eigenvalue weighted by Gasteiger charge is -2.03. The molecular formula is C11H14N2O3. The highest BCUT2D eigenvalue weighted by molar-refractivity contribution is 5.90. The molecule has 0 bridgehead atoms. The molecule has 0 radical (unpaired) electrons. The van der Waals surface area contributed by atoms with E-state index in [-0.39, 0.29) is 11.6 Å². The van der Waals surface area contributed by atoms with E-state index in [2.05, 4.69) is 5.32 Å². The third-order valence-electron chi connectivity index (χ3n) is 2.12. The van der Waals surface area contributed by atoms with Crippen LogP contribution in [0.15, 0.2) is 24.3 Å². The van der Waals surface area contributed by atoms with E-state index in [4.69, 9.17) is 0 Å². The van der Waals surface area contributed by atoms with Crippen molar-refractivity contribution in [1.29, 1.82) is 0 Å². The van der Waals surface area contributed by atoms with Crippen LogP contribution < -0.4 is 5.32 Å². The second kappa shape index (κ2) is 5.85. The molecule has 0 aliphatic carbocycles. The summed E-state index contributed by atoms with van der Waals surface area (Å²) in [5.74, 6) is -0.0595. The number of anilines is 1. The van der Waals surface area contributed by atoms with Crippen molar-refractivity contribution in [1.82, 2.24) is 0 Å². The van der Waals surface area contributed by atoms with Crippen molar-refractivity contribution in [2.75, 3.05) is 5.32 Å². The maximum Gasteiger partial charge on any atom is 0.269 e. The van der Waals surface area contributed by atoms with Crippen molar-refractivity contribution in [3.63, 3.8) is 0 Å². The van der Waals surface area contributed by atoms with E-state index < -0.39 is 4.92 Å². The van der Waals surface area contributed by atoms with Gasteiger partial charge in [0.05, 0.1) is 4.92 Å². The summed E-state index contributed by atoms with van der Waals surface area (Å²) in [5.41, 5.74) is 0.610. The van der Waals surface area contributed by atoms with E-state index >= 15 is 0 Å². The minimum atomic E-state index is -0.470. The summed E-state index contributed by atoms with van der Waals surface area (Å²) in [6, 6.07) is 5.80. The standard InChI is InChI=1S/C11H14N2O3/c1-2-3-4-11(14)12-9-5-7-10(8-6-9)13(15)16/h5-8H,2-4H2,1H3,(H,12,14). The van der Waals surface area contributed by atoms with Crippen molar-refractivity contribution >= 4 is 17.3 Å². The lowest BCUT2D eigenvalue weighted by Crippen LogP contribution is -2.10. The van der Waals surface area contributed by atoms with Crippen LogP contribution in [0.2, 0.25) is 0 Å². The number of carbonyl (C=O) groups excluding carboxylic acids is 1. The van der Waals surface area contributed by atoms with Gasteiger partial charge in [0.15, 0.2) is 0 Å². The number of unbranched alkanes of at least 4 members (excludes halogenated alkanes) is 1. The Hall–Kier alpha value is -1.91. The summed E-state index contributed by atoms with van der Waals surface area (Å²) in [6.07, 6.45) is 2.29. The third-order valence-corrected chi connectivity index (χ3v) is 2.12. The average Bonchev–Trinajstić information content (AvgIpc) is 2.27. The van der Waals surface area contributed by atoms with Gasteiger partial charge in [-0.1, -0.05) is 13.3 Å². The molecule has 0 atom stereocenters. The highest BCUT2D eigenvalue weighted by Crippen LogP contribution is 2.15. The Bertz CT molecular complexity index is 373. The summed E-state index contributed by atoms with van der Waals surface area (Å²) >= 11 is 0. The van der Waals surface area contributed by atoms with Crippen LogP contribution in [0.3, 0.4) is 0 Å². The minimum Gasteiger partial charge on any atom is -0.326 e. The van der Waals surface area contributed by atoms with Crippen LogP contribution in [0.25, 0.3) is 0 Å². The van der Waals surface area contributed by atoms with E-state index in [0.29, 0.717) is 12.1 Å². The summed E-state index contributed by atoms with van der Waals surface area (Å²) < 4.78 is 0. The first kappa shape index (κ1) is 12.2. The molecule has 0 saturated carbocycles. The Morgan fingerprint density at radius 3 is 2.50 bits per heavy atom. The molecule has 0 aliphatic rings. The Labute approximate surface area is 93.6 Å². The molecule has 1 rings (SSSR count). The molecule has 1 N–H and O–H groups in total. The SMILES string of the molecule is CCCCC(=O)Nc1ccc([N+](=O)[O-])cc1. The van der Waals surface area contributed by atoms with Crippen LogP contribution >= 0.6 is 0 Å². The topological polar surface area (TPSA) is 72.2 Å². The van der Waals surface area contributed by atoms with E-state index in [0.717, 1.165) is 12.8 Å². The van der Waals surface area contributed by atoms with Gasteiger partial charge in [0, 0.05) is 24.2 Å². The van der Waals surface area contributed by atoms with E-state index in [1.807, 2.05) is 6.92 Å². The zero-order valence-corrected chi connectivity index (χ0v) is 9.10. The van der Waals surface area contributed by atoms with Crippen molar-refractivity contribution in [2.45, 2.75) is 26.2 Å². The summed E-state index contributed by atoms with van der Waals surface area (Å²) in [5, 5.41) is 13.1. The highest BCUT2D eigenvalue weighted by atomic mass is 16.6. The zero-order chi connectivity index (χ0) is 12.0. The van der Waals surface area contributed by atoms with Gasteiger partial charge in [0.25, 0.3) is 5.69 Å². The molecule has 5 heteroatoms. The fraction of sp³-hybridized carbons (Fsp3) is 0.364. The second-order valence-corrected chi connectivity index (χ2v) is 3.46. The molecule has 0 heterocycles. The molecule has 16 heavy (non-hydrogen) atoms. The lowest BCUT2D eigenvalue weighted by molar-refractivity contribution is -0.384. The van der Waals surface area contributed by atoms with E-state index in [1.54, 1.807) is 0 Å². The third kappa shape index (κ3) is 3.68. The van der Waals surface area contributed by atoms with Gasteiger partial charge in [-0.25, -0.2) is 0 Å². The summed E-state index contributed by atoms with van der Waals surface area (Å²) in [6.45, 7) is 2.01. The maximum atomic E-state index is 11.3. The molecule has 0 saturated heterocycles. The molecule has 0 fully saturated rings. The first-order chi connectivity index (χ1) is 7.63. The minimum absolute atomic E-state index is 0.0200. The first-order valence-electron chi connectivity index (χ1n) is 5.17. The van der Waals surface area contributed by atoms with Crippen LogP contribution in [0.1, 0.15) is 26.2 Å². The number of amides is 1. The molecule has 0 unspecified atom stereocenters. The quantitative estimate of drug-likeness (QED) is 0.615. The van der Waals surface area contributed by atoms with Gasteiger partial charge >= 0.3 is 0 Å². The van der Waals surface area contributed by atoms with Gasteiger partial charge in [-0.3, -0.25) is 14.9 Å². The van der Waals surface area contributed by atoms with Crippen LogP contribution in [-0.4, -0.2) is 10.8 Å². The molecule has 1 aromatic rings. The Balaban J connectivity index is 2.55. The fourth-order valence-electron chi connectivity index (χ4n) is 1.23. The number of nitrogens with one attached hydrogen (secondary N) is 1. The number of hydrogen-bond acceptors (Lipinski definition) is 3. The van der Waals surface area contributed by atoms with Gasteiger partial charge in [0.2, 0.25) is 5.91 Å². The molecule has 5 nitrogen and oxygen atoms in total. The normalized spacial score (nSPS) is 9.81. The largest absolute Gasteiger partial charge is 0.326 e. The van der Waals surface area contributed by atoms with Gasteiger partial charge in [-0.2, -0.15) is 0 Å². The molecule has 0 aliphatic heterocycles. The zero-order valence-electron chi connectivity index (χ0n) is 9.10. The number of nitro groups is 1. The molecular weight excluding hydrogens is 208 g/mol. The van der Waals surface area contributed by atoms with Crippen LogP contribution in [-0.2, 0) is 4.79 Å². The Morgan fingerprint density at radius 2 is 2.00 bits per heavy atom. The smallest absolute Gasteiger partial charge is 0.269 e. The predicted octanol–water partition coefficient (Wildman–Crippen LogP) is 2.72. The van der Waals surface area contributed by atoms with E-state index in [9.17, 15) is 14.9 Å². The van der Waals surface area contributed by atoms with Crippen LogP contribution in [0.5, 0.6) is 0 Å². The van der Waals surface area contributed by atoms with Crippen LogP contribution in [0, 0.1) is 10.1 Å². The average molecular weight is 222 g/mol. The predicted molar refractivity (Wildman–Crippen MR) is 61.3 cm³/mol. The number of nitro benzene ring substituents is 1. The Kier molecular flexibility index (Phi) is 4.44. The Morgan fingerprint density at radius 1 is 1.38 bits per heavy atom. The molecule has 86 valence electrons. The summed E-state index contributed by atoms with van der Waals surface area (Å²) in [4.78, 5) is 21.3. The fourth-order valence-corrected chi connectivity index (χ4v) is 1.23. The molecule has 1 amide bonds. The number of benzene rings is 1. The molecule has 1 aromatic carbocycles. The molecule has 0 aromatic heterocycles. The number of nitrogens with zero attached hydrogens (tertiary/aromatic N) is 1. The van der Waals surface area contributed by atoms with Crippen LogP contribution in [0.4, 0.5) is 11.4 Å². The number of non-ortho nitro benzene ring substituents is 1. The van der Waals surface area contributed by atoms with Gasteiger partial charge in [0.1, 0.15) is 0 Å². The van der Waals surface area contributed by atoms with E-state index in [1.165, 1.54) is 24.3 Å².